The number of nitrogens with two attached hydrogens (primary N) is 1. The number of benzene rings is 1. The molecule has 0 aromatic heterocycles. The summed E-state index contributed by atoms with van der Waals surface area (Å²) in [5, 5.41) is 4.99. The van der Waals surface area contributed by atoms with Gasteiger partial charge < -0.3 is 0 Å². The molecule has 118 valence electrons. The number of hydrogen-bond donors (Lipinski definition) is 2. The highest BCUT2D eigenvalue weighted by Crippen LogP contribution is 2.20. The van der Waals surface area contributed by atoms with Crippen molar-refractivity contribution in [2.24, 2.45) is 5.14 Å². The Hall–Kier alpha value is -0.960. The van der Waals surface area contributed by atoms with Crippen LogP contribution in [0.4, 0.5) is 0 Å². The van der Waals surface area contributed by atoms with Crippen LogP contribution < -0.4 is 9.86 Å². The zero-order valence-corrected chi connectivity index (χ0v) is 13.3. The van der Waals surface area contributed by atoms with E-state index in [-0.39, 0.29) is 15.8 Å². The second-order valence-electron chi connectivity index (χ2n) is 5.33. The van der Waals surface area contributed by atoms with Crippen LogP contribution in [0.15, 0.2) is 34.1 Å². The molecule has 1 aliphatic carbocycles. The second-order valence-corrected chi connectivity index (χ2v) is 8.60. The molecule has 3 N–H and O–H groups in total. The van der Waals surface area contributed by atoms with Crippen molar-refractivity contribution >= 4 is 20.0 Å². The molecule has 0 unspecified atom stereocenters. The summed E-state index contributed by atoms with van der Waals surface area (Å²) in [6.45, 7) is 0. The van der Waals surface area contributed by atoms with Crippen molar-refractivity contribution in [1.29, 1.82) is 0 Å². The van der Waals surface area contributed by atoms with E-state index in [2.05, 4.69) is 4.72 Å². The lowest BCUT2D eigenvalue weighted by molar-refractivity contribution is 0.510. The topological polar surface area (TPSA) is 106 Å². The van der Waals surface area contributed by atoms with Gasteiger partial charge in [0.1, 0.15) is 0 Å². The van der Waals surface area contributed by atoms with E-state index in [0.29, 0.717) is 0 Å². The summed E-state index contributed by atoms with van der Waals surface area (Å²) in [5.41, 5.74) is 0. The molecule has 8 heteroatoms. The average molecular weight is 332 g/mol. The lowest BCUT2D eigenvalue weighted by Gasteiger charge is -2.16. The molecule has 1 fully saturated rings. The molecule has 0 saturated heterocycles. The van der Waals surface area contributed by atoms with E-state index >= 15 is 0 Å². The maximum Gasteiger partial charge on any atom is 0.240 e. The third kappa shape index (κ3) is 4.50. The Morgan fingerprint density at radius 2 is 1.33 bits per heavy atom. The summed E-state index contributed by atoms with van der Waals surface area (Å²) in [6.07, 6.45) is 6.01. The third-order valence-corrected chi connectivity index (χ3v) is 6.11. The van der Waals surface area contributed by atoms with Gasteiger partial charge in [0.2, 0.25) is 20.0 Å². The molecular formula is C13H20N2O4S2. The lowest BCUT2D eigenvalue weighted by atomic mass is 10.1. The van der Waals surface area contributed by atoms with Crippen molar-refractivity contribution in [2.45, 2.75) is 54.4 Å². The van der Waals surface area contributed by atoms with Gasteiger partial charge in [0.05, 0.1) is 9.79 Å². The highest BCUT2D eigenvalue weighted by atomic mass is 32.2. The van der Waals surface area contributed by atoms with Crippen molar-refractivity contribution in [1.82, 2.24) is 4.72 Å². The van der Waals surface area contributed by atoms with Crippen LogP contribution in [-0.2, 0) is 20.0 Å². The minimum absolute atomic E-state index is 0.0459. The molecular weight excluding hydrogens is 312 g/mol. The van der Waals surface area contributed by atoms with Gasteiger partial charge in [-0.25, -0.2) is 26.7 Å². The normalized spacial score (nSPS) is 18.3. The summed E-state index contributed by atoms with van der Waals surface area (Å²) in [6, 6.07) is 4.89. The predicted molar refractivity (Wildman–Crippen MR) is 79.6 cm³/mol. The van der Waals surface area contributed by atoms with E-state index in [9.17, 15) is 16.8 Å². The van der Waals surface area contributed by atoms with Crippen molar-refractivity contribution in [3.63, 3.8) is 0 Å². The van der Waals surface area contributed by atoms with Crippen LogP contribution in [-0.4, -0.2) is 22.9 Å². The summed E-state index contributed by atoms with van der Waals surface area (Å²) in [5.74, 6) is 0. The highest BCUT2D eigenvalue weighted by molar-refractivity contribution is 7.89. The quantitative estimate of drug-likeness (QED) is 0.811. The van der Waals surface area contributed by atoms with Gasteiger partial charge in [-0.05, 0) is 37.1 Å². The number of primary sulfonamides is 1. The van der Waals surface area contributed by atoms with Gasteiger partial charge in [-0.2, -0.15) is 0 Å². The Kier molecular flexibility index (Phi) is 5.03. The highest BCUT2D eigenvalue weighted by Gasteiger charge is 2.21. The van der Waals surface area contributed by atoms with Gasteiger partial charge in [0.15, 0.2) is 0 Å². The van der Waals surface area contributed by atoms with Gasteiger partial charge in [0.25, 0.3) is 0 Å². The molecule has 0 bridgehead atoms. The minimum atomic E-state index is -3.81. The number of sulfonamides is 2. The Morgan fingerprint density at radius 3 is 1.81 bits per heavy atom. The maximum absolute atomic E-state index is 12.3. The number of rotatable bonds is 4. The van der Waals surface area contributed by atoms with E-state index in [1.807, 2.05) is 0 Å². The molecule has 0 aliphatic heterocycles. The molecule has 0 radical (unpaired) electrons. The lowest BCUT2D eigenvalue weighted by Crippen LogP contribution is -2.34. The smallest absolute Gasteiger partial charge is 0.225 e. The fourth-order valence-corrected chi connectivity index (χ4v) is 4.31. The standard InChI is InChI=1S/C13H20N2O4S2/c14-20(16,17)12-7-9-13(10-8-12)21(18,19)15-11-5-3-1-2-4-6-11/h7-11,15H,1-6H2,(H2,14,16,17). The molecule has 1 aliphatic rings. The Labute approximate surface area is 125 Å². The third-order valence-electron chi connectivity index (χ3n) is 3.64. The van der Waals surface area contributed by atoms with Crippen LogP contribution in [0.5, 0.6) is 0 Å². The molecule has 6 nitrogen and oxygen atoms in total. The molecule has 1 aromatic rings. The van der Waals surface area contributed by atoms with E-state index in [1.165, 1.54) is 24.3 Å². The molecule has 0 amide bonds. The predicted octanol–water partition coefficient (Wildman–Crippen LogP) is 1.34. The van der Waals surface area contributed by atoms with E-state index in [1.54, 1.807) is 0 Å². The van der Waals surface area contributed by atoms with Crippen LogP contribution in [0, 0.1) is 0 Å². The van der Waals surface area contributed by atoms with Crippen LogP contribution >= 0.6 is 0 Å². The fraction of sp³-hybridized carbons (Fsp3) is 0.538. The summed E-state index contributed by atoms with van der Waals surface area (Å²) >= 11 is 0. The van der Waals surface area contributed by atoms with Crippen molar-refractivity contribution < 1.29 is 16.8 Å². The van der Waals surface area contributed by atoms with E-state index in [0.717, 1.165) is 38.5 Å². The van der Waals surface area contributed by atoms with Crippen molar-refractivity contribution in [2.75, 3.05) is 0 Å². The maximum atomic E-state index is 12.3. The van der Waals surface area contributed by atoms with Crippen LogP contribution in [0.25, 0.3) is 0 Å². The summed E-state index contributed by atoms with van der Waals surface area (Å²) in [7, 11) is -7.44. The van der Waals surface area contributed by atoms with Crippen LogP contribution in [0.1, 0.15) is 38.5 Å². The summed E-state index contributed by atoms with van der Waals surface area (Å²) < 4.78 is 49.6. The van der Waals surface area contributed by atoms with Crippen LogP contribution in [0.2, 0.25) is 0 Å². The van der Waals surface area contributed by atoms with E-state index in [4.69, 9.17) is 5.14 Å². The molecule has 0 heterocycles. The average Bonchev–Trinajstić information content (AvgIpc) is 2.66. The molecule has 21 heavy (non-hydrogen) atoms. The molecule has 0 spiro atoms. The second kappa shape index (κ2) is 6.43. The first-order valence-corrected chi connectivity index (χ1v) is 9.97. The summed E-state index contributed by atoms with van der Waals surface area (Å²) in [4.78, 5) is -0.0462. The van der Waals surface area contributed by atoms with E-state index < -0.39 is 20.0 Å². The zero-order valence-electron chi connectivity index (χ0n) is 11.7. The fourth-order valence-electron chi connectivity index (χ4n) is 2.49. The minimum Gasteiger partial charge on any atom is -0.225 e. The number of nitrogens with one attached hydrogen (secondary N) is 1. The molecule has 1 aromatic carbocycles. The Balaban J connectivity index is 2.15. The number of hydrogen-bond acceptors (Lipinski definition) is 4. The van der Waals surface area contributed by atoms with Gasteiger partial charge in [0, 0.05) is 6.04 Å². The zero-order chi connectivity index (χ0) is 15.5. The first-order chi connectivity index (χ1) is 9.79. The van der Waals surface area contributed by atoms with Gasteiger partial charge >= 0.3 is 0 Å². The molecule has 2 rings (SSSR count). The van der Waals surface area contributed by atoms with Crippen molar-refractivity contribution in [3.05, 3.63) is 24.3 Å². The Bertz CT molecular complexity index is 673. The SMILES string of the molecule is NS(=O)(=O)c1ccc(S(=O)(=O)NC2CCCCCC2)cc1. The van der Waals surface area contributed by atoms with Gasteiger partial charge in [-0.15, -0.1) is 0 Å². The first-order valence-electron chi connectivity index (χ1n) is 6.94. The molecule has 1 saturated carbocycles. The molecule has 0 atom stereocenters. The van der Waals surface area contributed by atoms with Gasteiger partial charge in [-0.3, -0.25) is 0 Å². The first kappa shape index (κ1) is 16.4. The van der Waals surface area contributed by atoms with Crippen LogP contribution in [0.3, 0.4) is 0 Å². The van der Waals surface area contributed by atoms with Gasteiger partial charge in [-0.1, -0.05) is 25.7 Å². The largest absolute Gasteiger partial charge is 0.240 e. The van der Waals surface area contributed by atoms with Crippen molar-refractivity contribution in [3.8, 4) is 0 Å². The monoisotopic (exact) mass is 332 g/mol. The Morgan fingerprint density at radius 1 is 0.857 bits per heavy atom.